The number of likely N-dealkylation sites (N-methyl/N-ethyl adjacent to an activating group) is 1. The summed E-state index contributed by atoms with van der Waals surface area (Å²) in [6.45, 7) is 9.61. The van der Waals surface area contributed by atoms with Gasteiger partial charge in [0.1, 0.15) is 12.7 Å². The van der Waals surface area contributed by atoms with Crippen molar-refractivity contribution in [2.75, 3.05) is 39.4 Å². The Morgan fingerprint density at radius 3 is 3.00 bits per heavy atom. The van der Waals surface area contributed by atoms with Gasteiger partial charge in [0, 0.05) is 19.6 Å². The summed E-state index contributed by atoms with van der Waals surface area (Å²) < 4.78 is 25.2. The van der Waals surface area contributed by atoms with Crippen molar-refractivity contribution in [2.24, 2.45) is 0 Å². The maximum Gasteiger partial charge on any atom is 0.165 e. The fourth-order valence-corrected chi connectivity index (χ4v) is 2.39. The van der Waals surface area contributed by atoms with Gasteiger partial charge in [0.2, 0.25) is 0 Å². The lowest BCUT2D eigenvalue weighted by Crippen LogP contribution is -2.44. The average Bonchev–Trinajstić information content (AvgIpc) is 2.52. The topological polar surface area (TPSA) is 33.7 Å². The minimum atomic E-state index is -0.312. The number of hydrogen-bond acceptors (Lipinski definition) is 4. The molecule has 118 valence electrons. The van der Waals surface area contributed by atoms with E-state index in [1.807, 2.05) is 13.0 Å². The van der Waals surface area contributed by atoms with Gasteiger partial charge in [0.15, 0.2) is 11.6 Å². The van der Waals surface area contributed by atoms with Crippen molar-refractivity contribution in [1.82, 2.24) is 10.2 Å². The molecule has 0 radical (unpaired) electrons. The molecule has 1 aliphatic rings. The number of benzene rings is 1. The predicted molar refractivity (Wildman–Crippen MR) is 81.1 cm³/mol. The van der Waals surface area contributed by atoms with Gasteiger partial charge in [0.25, 0.3) is 0 Å². The molecule has 1 aromatic rings. The van der Waals surface area contributed by atoms with Crippen molar-refractivity contribution in [3.63, 3.8) is 0 Å². The highest BCUT2D eigenvalue weighted by Gasteiger charge is 2.20. The molecule has 1 fully saturated rings. The molecule has 2 rings (SSSR count). The second-order valence-electron chi connectivity index (χ2n) is 5.24. The summed E-state index contributed by atoms with van der Waals surface area (Å²) in [5.74, 6) is -0.0129. The van der Waals surface area contributed by atoms with Gasteiger partial charge in [-0.05, 0) is 30.8 Å². The van der Waals surface area contributed by atoms with Crippen molar-refractivity contribution in [3.05, 3.63) is 29.6 Å². The van der Waals surface area contributed by atoms with Crippen molar-refractivity contribution < 1.29 is 13.9 Å². The van der Waals surface area contributed by atoms with Gasteiger partial charge in [-0.1, -0.05) is 19.9 Å². The lowest BCUT2D eigenvalue weighted by atomic mass is 10.2. The van der Waals surface area contributed by atoms with Crippen LogP contribution in [0.1, 0.15) is 19.4 Å². The van der Waals surface area contributed by atoms with Gasteiger partial charge in [0.05, 0.1) is 6.61 Å². The molecule has 0 aromatic heterocycles. The molecular weight excluding hydrogens is 271 g/mol. The van der Waals surface area contributed by atoms with E-state index in [0.717, 1.165) is 31.7 Å². The average molecular weight is 296 g/mol. The van der Waals surface area contributed by atoms with E-state index in [1.54, 1.807) is 6.07 Å². The summed E-state index contributed by atoms with van der Waals surface area (Å²) in [5.41, 5.74) is 0.924. The first-order chi connectivity index (χ1) is 10.2. The van der Waals surface area contributed by atoms with Crippen LogP contribution in [-0.4, -0.2) is 50.4 Å². The van der Waals surface area contributed by atoms with E-state index in [9.17, 15) is 4.39 Å². The molecule has 5 heteroatoms. The monoisotopic (exact) mass is 296 g/mol. The van der Waals surface area contributed by atoms with E-state index >= 15 is 0 Å². The lowest BCUT2D eigenvalue weighted by Gasteiger charge is -2.31. The fraction of sp³-hybridized carbons (Fsp3) is 0.625. The molecule has 1 heterocycles. The van der Waals surface area contributed by atoms with Crippen LogP contribution in [0.2, 0.25) is 0 Å². The van der Waals surface area contributed by atoms with Crippen molar-refractivity contribution in [2.45, 2.75) is 26.5 Å². The maximum absolute atomic E-state index is 14.0. The number of nitrogens with one attached hydrogen (secondary N) is 1. The SMILES string of the molecule is CCNCc1ccc(OCC2CN(CC)CCO2)c(F)c1. The third kappa shape index (κ3) is 4.95. The Morgan fingerprint density at radius 2 is 2.29 bits per heavy atom. The van der Waals surface area contributed by atoms with E-state index in [1.165, 1.54) is 6.07 Å². The number of halogens is 1. The van der Waals surface area contributed by atoms with Gasteiger partial charge < -0.3 is 14.8 Å². The molecule has 21 heavy (non-hydrogen) atoms. The van der Waals surface area contributed by atoms with Gasteiger partial charge in [-0.3, -0.25) is 4.90 Å². The van der Waals surface area contributed by atoms with Crippen LogP contribution in [-0.2, 0) is 11.3 Å². The number of rotatable bonds is 7. The van der Waals surface area contributed by atoms with Gasteiger partial charge in [-0.15, -0.1) is 0 Å². The summed E-state index contributed by atoms with van der Waals surface area (Å²) in [6.07, 6.45) is 0.0135. The van der Waals surface area contributed by atoms with E-state index in [4.69, 9.17) is 9.47 Å². The smallest absolute Gasteiger partial charge is 0.165 e. The quantitative estimate of drug-likeness (QED) is 0.835. The normalized spacial score (nSPS) is 19.7. The number of morpholine rings is 1. The Kier molecular flexibility index (Phi) is 6.42. The summed E-state index contributed by atoms with van der Waals surface area (Å²) in [4.78, 5) is 2.31. The first-order valence-corrected chi connectivity index (χ1v) is 7.68. The minimum absolute atomic E-state index is 0.0135. The molecule has 1 atom stereocenters. The minimum Gasteiger partial charge on any atom is -0.488 e. The molecule has 1 aromatic carbocycles. The summed E-state index contributed by atoms with van der Waals surface area (Å²) in [7, 11) is 0. The number of nitrogens with zero attached hydrogens (tertiary/aromatic N) is 1. The standard InChI is InChI=1S/C16H25FN2O2/c1-3-18-10-13-5-6-16(15(17)9-13)21-12-14-11-19(4-2)7-8-20-14/h5-6,9,14,18H,3-4,7-8,10-12H2,1-2H3. The Morgan fingerprint density at radius 1 is 1.43 bits per heavy atom. The van der Waals surface area contributed by atoms with E-state index in [0.29, 0.717) is 25.5 Å². The van der Waals surface area contributed by atoms with Crippen LogP contribution >= 0.6 is 0 Å². The first kappa shape index (κ1) is 16.2. The molecule has 0 aliphatic carbocycles. The highest BCUT2D eigenvalue weighted by molar-refractivity contribution is 5.29. The number of hydrogen-bond donors (Lipinski definition) is 1. The Bertz CT molecular complexity index is 442. The molecule has 0 bridgehead atoms. The van der Waals surface area contributed by atoms with Crippen LogP contribution in [0.25, 0.3) is 0 Å². The zero-order chi connectivity index (χ0) is 15.1. The molecule has 4 nitrogen and oxygen atoms in total. The Hall–Kier alpha value is -1.17. The number of ether oxygens (including phenoxy) is 2. The molecule has 1 unspecified atom stereocenters. The van der Waals surface area contributed by atoms with Crippen LogP contribution < -0.4 is 10.1 Å². The summed E-state index contributed by atoms with van der Waals surface area (Å²) in [6, 6.07) is 5.11. The third-order valence-corrected chi connectivity index (χ3v) is 3.67. The molecule has 0 amide bonds. The highest BCUT2D eigenvalue weighted by atomic mass is 19.1. The van der Waals surface area contributed by atoms with Crippen molar-refractivity contribution in [1.29, 1.82) is 0 Å². The van der Waals surface area contributed by atoms with Crippen LogP contribution in [0.4, 0.5) is 4.39 Å². The van der Waals surface area contributed by atoms with Crippen LogP contribution in [0.5, 0.6) is 5.75 Å². The molecule has 1 aliphatic heterocycles. The van der Waals surface area contributed by atoms with Crippen LogP contribution in [0.15, 0.2) is 18.2 Å². The molecule has 1 N–H and O–H groups in total. The molecule has 1 saturated heterocycles. The molecular formula is C16H25FN2O2. The summed E-state index contributed by atoms with van der Waals surface area (Å²) in [5, 5.41) is 3.17. The second kappa shape index (κ2) is 8.32. The Balaban J connectivity index is 1.85. The molecule has 0 saturated carbocycles. The van der Waals surface area contributed by atoms with Gasteiger partial charge in [-0.2, -0.15) is 0 Å². The third-order valence-electron chi connectivity index (χ3n) is 3.67. The fourth-order valence-electron chi connectivity index (χ4n) is 2.39. The van der Waals surface area contributed by atoms with Gasteiger partial charge >= 0.3 is 0 Å². The van der Waals surface area contributed by atoms with E-state index in [-0.39, 0.29) is 11.9 Å². The van der Waals surface area contributed by atoms with Crippen molar-refractivity contribution in [3.8, 4) is 5.75 Å². The van der Waals surface area contributed by atoms with Crippen LogP contribution in [0, 0.1) is 5.82 Å². The van der Waals surface area contributed by atoms with Crippen LogP contribution in [0.3, 0.4) is 0 Å². The first-order valence-electron chi connectivity index (χ1n) is 7.68. The predicted octanol–water partition coefficient (Wildman–Crippen LogP) is 2.03. The lowest BCUT2D eigenvalue weighted by molar-refractivity contribution is -0.0468. The molecule has 0 spiro atoms. The van der Waals surface area contributed by atoms with E-state index < -0.39 is 0 Å². The zero-order valence-electron chi connectivity index (χ0n) is 12.9. The second-order valence-corrected chi connectivity index (χ2v) is 5.24. The highest BCUT2D eigenvalue weighted by Crippen LogP contribution is 2.19. The Labute approximate surface area is 126 Å². The summed E-state index contributed by atoms with van der Waals surface area (Å²) >= 11 is 0. The zero-order valence-corrected chi connectivity index (χ0v) is 12.9. The maximum atomic E-state index is 14.0. The van der Waals surface area contributed by atoms with E-state index in [2.05, 4.69) is 17.1 Å². The van der Waals surface area contributed by atoms with Crippen molar-refractivity contribution >= 4 is 0 Å². The largest absolute Gasteiger partial charge is 0.488 e. The van der Waals surface area contributed by atoms with Gasteiger partial charge in [-0.25, -0.2) is 4.39 Å².